The molecule has 8 heteroatoms. The minimum Gasteiger partial charge on any atom is -0.383 e. The third-order valence-electron chi connectivity index (χ3n) is 3.92. The van der Waals surface area contributed by atoms with E-state index in [9.17, 15) is 0 Å². The fraction of sp³-hybridized carbons (Fsp3) is 0.562. The summed E-state index contributed by atoms with van der Waals surface area (Å²) in [6.45, 7) is 6.10. The molecular weight excluding hydrogens is 326 g/mol. The van der Waals surface area contributed by atoms with Crippen molar-refractivity contribution in [2.45, 2.75) is 11.7 Å². The molecule has 3 rings (SSSR count). The Kier molecular flexibility index (Phi) is 6.59. The molecule has 0 aliphatic carbocycles. The lowest BCUT2D eigenvalue weighted by Gasteiger charge is -2.26. The molecule has 1 aliphatic heterocycles. The third-order valence-corrected chi connectivity index (χ3v) is 4.86. The average molecular weight is 349 g/mol. The molecule has 24 heavy (non-hydrogen) atoms. The minimum atomic E-state index is 0.632. The van der Waals surface area contributed by atoms with Crippen LogP contribution in [0.4, 0.5) is 0 Å². The number of thioether (sulfide) groups is 1. The van der Waals surface area contributed by atoms with Gasteiger partial charge in [-0.3, -0.25) is 14.5 Å². The summed E-state index contributed by atoms with van der Waals surface area (Å²) in [6, 6.07) is 3.91. The van der Waals surface area contributed by atoms with Gasteiger partial charge in [-0.1, -0.05) is 11.8 Å². The normalized spacial score (nSPS) is 15.7. The maximum Gasteiger partial charge on any atom is 0.191 e. The molecule has 0 bridgehead atoms. The van der Waals surface area contributed by atoms with Crippen molar-refractivity contribution in [3.63, 3.8) is 0 Å². The van der Waals surface area contributed by atoms with Crippen LogP contribution in [0.1, 0.15) is 0 Å². The Labute approximate surface area is 146 Å². The van der Waals surface area contributed by atoms with Crippen LogP contribution >= 0.6 is 11.8 Å². The first-order chi connectivity index (χ1) is 11.9. The highest BCUT2D eigenvalue weighted by molar-refractivity contribution is 7.99. The van der Waals surface area contributed by atoms with E-state index in [0.717, 1.165) is 61.7 Å². The highest BCUT2D eigenvalue weighted by Crippen LogP contribution is 2.23. The van der Waals surface area contributed by atoms with Crippen molar-refractivity contribution < 1.29 is 9.47 Å². The average Bonchev–Trinajstić information content (AvgIpc) is 3.04. The Hall–Kier alpha value is -1.48. The molecule has 130 valence electrons. The van der Waals surface area contributed by atoms with E-state index < -0.39 is 0 Å². The van der Waals surface area contributed by atoms with E-state index in [1.54, 1.807) is 31.3 Å². The number of ether oxygens (including phenoxy) is 2. The van der Waals surface area contributed by atoms with Crippen molar-refractivity contribution in [3.05, 3.63) is 24.5 Å². The van der Waals surface area contributed by atoms with Crippen LogP contribution in [0.3, 0.4) is 0 Å². The van der Waals surface area contributed by atoms with Crippen molar-refractivity contribution >= 4 is 11.8 Å². The molecule has 0 unspecified atom stereocenters. The van der Waals surface area contributed by atoms with Gasteiger partial charge in [0.25, 0.3) is 0 Å². The van der Waals surface area contributed by atoms with Crippen LogP contribution < -0.4 is 0 Å². The van der Waals surface area contributed by atoms with Crippen LogP contribution in [0.5, 0.6) is 0 Å². The molecule has 2 aromatic rings. The second-order valence-electron chi connectivity index (χ2n) is 5.49. The summed E-state index contributed by atoms with van der Waals surface area (Å²) in [6.07, 6.45) is 3.55. The van der Waals surface area contributed by atoms with Crippen LogP contribution in [0, 0.1) is 0 Å². The first kappa shape index (κ1) is 17.3. The highest BCUT2D eigenvalue weighted by atomic mass is 32.2. The number of hydrogen-bond acceptors (Lipinski definition) is 7. The largest absolute Gasteiger partial charge is 0.383 e. The maximum absolute atomic E-state index is 5.39. The van der Waals surface area contributed by atoms with E-state index in [0.29, 0.717) is 6.61 Å². The summed E-state index contributed by atoms with van der Waals surface area (Å²) in [4.78, 5) is 6.49. The van der Waals surface area contributed by atoms with Gasteiger partial charge >= 0.3 is 0 Å². The predicted octanol–water partition coefficient (Wildman–Crippen LogP) is 1.41. The SMILES string of the molecule is COCCn1c(SCCN2CCOCC2)nnc1-c1ccncc1. The standard InChI is InChI=1S/C16H23N5O2S/c1-22-10-8-21-15(14-2-4-17-5-3-14)18-19-16(21)24-13-9-20-6-11-23-12-7-20/h2-5H,6-13H2,1H3. The molecule has 1 saturated heterocycles. The lowest BCUT2D eigenvalue weighted by Crippen LogP contribution is -2.37. The molecule has 1 fully saturated rings. The van der Waals surface area contributed by atoms with Gasteiger partial charge in [0.05, 0.1) is 26.4 Å². The molecule has 1 aliphatic rings. The molecule has 0 saturated carbocycles. The number of methoxy groups -OCH3 is 1. The van der Waals surface area contributed by atoms with Gasteiger partial charge in [0.1, 0.15) is 0 Å². The number of pyridine rings is 1. The van der Waals surface area contributed by atoms with Gasteiger partial charge in [0, 0.05) is 50.5 Å². The topological polar surface area (TPSA) is 65.3 Å². The zero-order chi connectivity index (χ0) is 16.6. The van der Waals surface area contributed by atoms with E-state index in [-0.39, 0.29) is 0 Å². The lowest BCUT2D eigenvalue weighted by molar-refractivity contribution is 0.0410. The van der Waals surface area contributed by atoms with E-state index in [1.807, 2.05) is 12.1 Å². The van der Waals surface area contributed by atoms with Gasteiger partial charge in [0.15, 0.2) is 11.0 Å². The Balaban J connectivity index is 1.66. The first-order valence-electron chi connectivity index (χ1n) is 8.14. The van der Waals surface area contributed by atoms with Gasteiger partial charge in [-0.15, -0.1) is 10.2 Å². The molecule has 0 radical (unpaired) electrons. The van der Waals surface area contributed by atoms with E-state index >= 15 is 0 Å². The summed E-state index contributed by atoms with van der Waals surface area (Å²) in [5, 5.41) is 9.70. The Morgan fingerprint density at radius 1 is 1.17 bits per heavy atom. The minimum absolute atomic E-state index is 0.632. The summed E-state index contributed by atoms with van der Waals surface area (Å²) in [5.74, 6) is 1.85. The van der Waals surface area contributed by atoms with Crippen LogP contribution in [0.25, 0.3) is 11.4 Å². The summed E-state index contributed by atoms with van der Waals surface area (Å²) >= 11 is 1.74. The first-order valence-corrected chi connectivity index (χ1v) is 9.12. The van der Waals surface area contributed by atoms with Gasteiger partial charge < -0.3 is 9.47 Å². The molecule has 3 heterocycles. The van der Waals surface area contributed by atoms with Crippen molar-refractivity contribution in [1.29, 1.82) is 0 Å². The number of morpholine rings is 1. The smallest absolute Gasteiger partial charge is 0.191 e. The summed E-state index contributed by atoms with van der Waals surface area (Å²) < 4.78 is 12.8. The predicted molar refractivity (Wildman–Crippen MR) is 93.1 cm³/mol. The van der Waals surface area contributed by atoms with Crippen LogP contribution in [0.15, 0.2) is 29.7 Å². The second-order valence-corrected chi connectivity index (χ2v) is 6.55. The monoisotopic (exact) mass is 349 g/mol. The van der Waals surface area contributed by atoms with Gasteiger partial charge in [-0.25, -0.2) is 0 Å². The number of rotatable bonds is 8. The Bertz CT molecular complexity index is 616. The Morgan fingerprint density at radius 2 is 1.96 bits per heavy atom. The molecule has 7 nitrogen and oxygen atoms in total. The van der Waals surface area contributed by atoms with E-state index in [1.165, 1.54) is 0 Å². The van der Waals surface area contributed by atoms with E-state index in [2.05, 4.69) is 24.6 Å². The number of hydrogen-bond donors (Lipinski definition) is 0. The molecule has 0 spiro atoms. The summed E-state index contributed by atoms with van der Waals surface area (Å²) in [7, 11) is 1.71. The zero-order valence-electron chi connectivity index (χ0n) is 13.9. The van der Waals surface area contributed by atoms with Gasteiger partial charge in [0.2, 0.25) is 0 Å². The van der Waals surface area contributed by atoms with Crippen molar-refractivity contribution in [3.8, 4) is 11.4 Å². The molecular formula is C16H23N5O2S. The van der Waals surface area contributed by atoms with Gasteiger partial charge in [-0.2, -0.15) is 0 Å². The molecule has 0 atom stereocenters. The van der Waals surface area contributed by atoms with Crippen molar-refractivity contribution in [1.82, 2.24) is 24.6 Å². The summed E-state index contributed by atoms with van der Waals surface area (Å²) in [5.41, 5.74) is 1.02. The molecule has 0 amide bonds. The molecule has 0 aromatic carbocycles. The van der Waals surface area contributed by atoms with Crippen LogP contribution in [0.2, 0.25) is 0 Å². The molecule has 2 aromatic heterocycles. The Morgan fingerprint density at radius 3 is 2.71 bits per heavy atom. The highest BCUT2D eigenvalue weighted by Gasteiger charge is 2.15. The van der Waals surface area contributed by atoms with Gasteiger partial charge in [-0.05, 0) is 12.1 Å². The van der Waals surface area contributed by atoms with Crippen LogP contribution in [-0.2, 0) is 16.0 Å². The maximum atomic E-state index is 5.39. The quantitative estimate of drug-likeness (QED) is 0.668. The van der Waals surface area contributed by atoms with Crippen molar-refractivity contribution in [2.75, 3.05) is 52.3 Å². The third kappa shape index (κ3) is 4.54. The van der Waals surface area contributed by atoms with Crippen LogP contribution in [-0.4, -0.2) is 77.0 Å². The second kappa shape index (κ2) is 9.12. The fourth-order valence-corrected chi connectivity index (χ4v) is 3.55. The fourth-order valence-electron chi connectivity index (χ4n) is 2.58. The number of nitrogens with zero attached hydrogens (tertiary/aromatic N) is 5. The zero-order valence-corrected chi connectivity index (χ0v) is 14.7. The molecule has 0 N–H and O–H groups in total. The van der Waals surface area contributed by atoms with Crippen molar-refractivity contribution in [2.24, 2.45) is 0 Å². The van der Waals surface area contributed by atoms with E-state index in [4.69, 9.17) is 9.47 Å². The lowest BCUT2D eigenvalue weighted by atomic mass is 10.2. The number of aromatic nitrogens is 4.